The lowest BCUT2D eigenvalue weighted by atomic mass is 10.3. The molecule has 8 nitrogen and oxygen atoms in total. The van der Waals surface area contributed by atoms with Gasteiger partial charge in [-0.1, -0.05) is 23.8 Å². The van der Waals surface area contributed by atoms with Crippen LogP contribution < -0.4 is 5.32 Å². The number of carbonyl (C=O) groups excluding carboxylic acids is 1. The first-order valence-corrected chi connectivity index (χ1v) is 8.94. The number of aryl methyl sites for hydroxylation is 2. The topological polar surface area (TPSA) is 99.0 Å². The smallest absolute Gasteiger partial charge is 0.236 e. The molecule has 0 spiro atoms. The Bertz CT molecular complexity index is 825. The van der Waals surface area contributed by atoms with Crippen molar-refractivity contribution < 1.29 is 13.7 Å². The molecule has 0 bridgehead atoms. The van der Waals surface area contributed by atoms with Crippen molar-refractivity contribution in [1.29, 1.82) is 0 Å². The van der Waals surface area contributed by atoms with Crippen molar-refractivity contribution in [2.75, 3.05) is 11.1 Å². The number of furan rings is 1. The van der Waals surface area contributed by atoms with Gasteiger partial charge in [0.05, 0.1) is 18.6 Å². The Kier molecular flexibility index (Phi) is 5.54. The summed E-state index contributed by atoms with van der Waals surface area (Å²) >= 11 is 1.33. The third-order valence-corrected chi connectivity index (χ3v) is 4.36. The molecule has 0 aliphatic rings. The summed E-state index contributed by atoms with van der Waals surface area (Å²) in [5, 5.41) is 15.6. The lowest BCUT2D eigenvalue weighted by molar-refractivity contribution is -0.113. The van der Waals surface area contributed by atoms with E-state index in [1.165, 1.54) is 11.8 Å². The highest BCUT2D eigenvalue weighted by Gasteiger charge is 2.15. The minimum Gasteiger partial charge on any atom is -0.467 e. The van der Waals surface area contributed by atoms with E-state index in [0.717, 1.165) is 24.4 Å². The number of carbonyl (C=O) groups is 1. The molecule has 9 heteroatoms. The third kappa shape index (κ3) is 4.50. The molecule has 0 aliphatic heterocycles. The second kappa shape index (κ2) is 8.02. The first-order valence-electron chi connectivity index (χ1n) is 7.96. The van der Waals surface area contributed by atoms with E-state index in [2.05, 4.69) is 27.6 Å². The fourth-order valence-electron chi connectivity index (χ4n) is 2.29. The van der Waals surface area contributed by atoms with Crippen LogP contribution in [0.25, 0.3) is 0 Å². The van der Waals surface area contributed by atoms with Crippen LogP contribution in [-0.4, -0.2) is 31.6 Å². The summed E-state index contributed by atoms with van der Waals surface area (Å²) in [5.74, 6) is 2.78. The van der Waals surface area contributed by atoms with Gasteiger partial charge >= 0.3 is 0 Å². The van der Waals surface area contributed by atoms with Gasteiger partial charge in [-0.05, 0) is 25.5 Å². The monoisotopic (exact) mass is 361 g/mol. The Balaban J connectivity index is 1.65. The predicted molar refractivity (Wildman–Crippen MR) is 92.4 cm³/mol. The van der Waals surface area contributed by atoms with E-state index in [9.17, 15) is 4.79 Å². The number of nitrogens with zero attached hydrogens (tertiary/aromatic N) is 4. The molecule has 25 heavy (non-hydrogen) atoms. The first-order chi connectivity index (χ1) is 12.2. The number of amides is 1. The van der Waals surface area contributed by atoms with Crippen LogP contribution in [0.4, 0.5) is 5.82 Å². The van der Waals surface area contributed by atoms with Gasteiger partial charge in [-0.15, -0.1) is 10.2 Å². The Labute approximate surface area is 149 Å². The van der Waals surface area contributed by atoms with Crippen molar-refractivity contribution in [3.05, 3.63) is 41.8 Å². The summed E-state index contributed by atoms with van der Waals surface area (Å²) < 4.78 is 12.3. The highest BCUT2D eigenvalue weighted by Crippen LogP contribution is 2.20. The van der Waals surface area contributed by atoms with Gasteiger partial charge in [-0.3, -0.25) is 9.36 Å². The summed E-state index contributed by atoms with van der Waals surface area (Å²) in [6.45, 7) is 4.40. The predicted octanol–water partition coefficient (Wildman–Crippen LogP) is 2.90. The fraction of sp³-hybridized carbons (Fsp3) is 0.375. The normalized spacial score (nSPS) is 11.0. The van der Waals surface area contributed by atoms with Crippen LogP contribution in [0.3, 0.4) is 0 Å². The van der Waals surface area contributed by atoms with Crippen LogP contribution in [0, 0.1) is 6.92 Å². The molecule has 3 heterocycles. The van der Waals surface area contributed by atoms with Crippen LogP contribution in [0.2, 0.25) is 0 Å². The van der Waals surface area contributed by atoms with Crippen molar-refractivity contribution in [3.8, 4) is 0 Å². The number of anilines is 1. The molecule has 0 unspecified atom stereocenters. The standard InChI is InChI=1S/C16H19N5O3S/c1-3-5-14-18-19-16(21(14)9-12-6-4-7-23-12)25-10-15(22)17-13-8-11(2)24-20-13/h4,6-8H,3,5,9-10H2,1-2H3,(H,17,20,22). The van der Waals surface area contributed by atoms with Gasteiger partial charge in [0.2, 0.25) is 5.91 Å². The summed E-state index contributed by atoms with van der Waals surface area (Å²) in [6, 6.07) is 5.42. The highest BCUT2D eigenvalue weighted by molar-refractivity contribution is 7.99. The molecule has 0 atom stereocenters. The molecule has 0 saturated heterocycles. The SMILES string of the molecule is CCCc1nnc(SCC(=O)Nc2cc(C)on2)n1Cc1ccco1. The molecule has 3 aromatic heterocycles. The molecular weight excluding hydrogens is 342 g/mol. The summed E-state index contributed by atoms with van der Waals surface area (Å²) in [5.41, 5.74) is 0. The molecule has 0 saturated carbocycles. The lowest BCUT2D eigenvalue weighted by Gasteiger charge is -2.08. The number of nitrogens with one attached hydrogen (secondary N) is 1. The van der Waals surface area contributed by atoms with Gasteiger partial charge in [-0.2, -0.15) is 0 Å². The third-order valence-electron chi connectivity index (χ3n) is 3.39. The minimum atomic E-state index is -0.178. The van der Waals surface area contributed by atoms with Gasteiger partial charge in [0.1, 0.15) is 17.3 Å². The largest absolute Gasteiger partial charge is 0.467 e. The maximum absolute atomic E-state index is 12.1. The molecule has 1 N–H and O–H groups in total. The van der Waals surface area contributed by atoms with E-state index >= 15 is 0 Å². The molecule has 3 rings (SSSR count). The second-order valence-electron chi connectivity index (χ2n) is 5.47. The van der Waals surface area contributed by atoms with Gasteiger partial charge in [0.25, 0.3) is 0 Å². The number of hydrogen-bond donors (Lipinski definition) is 1. The molecule has 1 amide bonds. The van der Waals surface area contributed by atoms with E-state index < -0.39 is 0 Å². The number of thioether (sulfide) groups is 1. The van der Waals surface area contributed by atoms with E-state index in [0.29, 0.717) is 23.3 Å². The molecule has 3 aromatic rings. The van der Waals surface area contributed by atoms with Crippen molar-refractivity contribution in [2.24, 2.45) is 0 Å². The molecule has 132 valence electrons. The minimum absolute atomic E-state index is 0.178. The van der Waals surface area contributed by atoms with E-state index in [-0.39, 0.29) is 11.7 Å². The van der Waals surface area contributed by atoms with Gasteiger partial charge in [0.15, 0.2) is 11.0 Å². The molecule has 0 aliphatic carbocycles. The lowest BCUT2D eigenvalue weighted by Crippen LogP contribution is -2.15. The van der Waals surface area contributed by atoms with E-state index in [1.54, 1.807) is 19.3 Å². The summed E-state index contributed by atoms with van der Waals surface area (Å²) in [4.78, 5) is 12.1. The van der Waals surface area contributed by atoms with Crippen LogP contribution in [0.15, 0.2) is 38.6 Å². The Morgan fingerprint density at radius 1 is 1.40 bits per heavy atom. The average molecular weight is 361 g/mol. The van der Waals surface area contributed by atoms with Crippen LogP contribution in [0.1, 0.15) is 30.7 Å². The molecular formula is C16H19N5O3S. The van der Waals surface area contributed by atoms with Gasteiger partial charge in [0, 0.05) is 12.5 Å². The zero-order valence-corrected chi connectivity index (χ0v) is 14.9. The number of rotatable bonds is 8. The first kappa shape index (κ1) is 17.3. The highest BCUT2D eigenvalue weighted by atomic mass is 32.2. The maximum atomic E-state index is 12.1. The van der Waals surface area contributed by atoms with Gasteiger partial charge < -0.3 is 14.3 Å². The molecule has 0 fully saturated rings. The Hall–Kier alpha value is -2.55. The van der Waals surface area contributed by atoms with Crippen LogP contribution in [-0.2, 0) is 17.8 Å². The van der Waals surface area contributed by atoms with Crippen molar-refractivity contribution in [1.82, 2.24) is 19.9 Å². The zero-order valence-electron chi connectivity index (χ0n) is 14.1. The maximum Gasteiger partial charge on any atom is 0.236 e. The fourth-order valence-corrected chi connectivity index (χ4v) is 3.04. The van der Waals surface area contributed by atoms with Crippen molar-refractivity contribution in [3.63, 3.8) is 0 Å². The summed E-state index contributed by atoms with van der Waals surface area (Å²) in [6.07, 6.45) is 3.42. The second-order valence-corrected chi connectivity index (χ2v) is 6.42. The number of hydrogen-bond acceptors (Lipinski definition) is 7. The van der Waals surface area contributed by atoms with Crippen LogP contribution in [0.5, 0.6) is 0 Å². The van der Waals surface area contributed by atoms with E-state index in [1.807, 2.05) is 16.7 Å². The quantitative estimate of drug-likeness (QED) is 0.616. The van der Waals surface area contributed by atoms with Crippen molar-refractivity contribution in [2.45, 2.75) is 38.4 Å². The Morgan fingerprint density at radius 3 is 2.96 bits per heavy atom. The summed E-state index contributed by atoms with van der Waals surface area (Å²) in [7, 11) is 0. The van der Waals surface area contributed by atoms with Crippen molar-refractivity contribution >= 4 is 23.5 Å². The van der Waals surface area contributed by atoms with E-state index in [4.69, 9.17) is 8.94 Å². The van der Waals surface area contributed by atoms with Gasteiger partial charge in [-0.25, -0.2) is 0 Å². The van der Waals surface area contributed by atoms with Crippen LogP contribution >= 0.6 is 11.8 Å². The number of aromatic nitrogens is 4. The molecule has 0 radical (unpaired) electrons. The Morgan fingerprint density at radius 2 is 2.28 bits per heavy atom. The average Bonchev–Trinajstić information content (AvgIpc) is 3.31. The zero-order chi connectivity index (χ0) is 17.6. The molecule has 0 aromatic carbocycles.